The van der Waals surface area contributed by atoms with Crippen LogP contribution in [0.25, 0.3) is 11.3 Å². The number of halogens is 5. The number of nitrogens with one attached hydrogen (secondary N) is 1. The molecule has 174 valence electrons. The molecule has 4 rings (SSSR count). The zero-order chi connectivity index (χ0) is 24.1. The Hall–Kier alpha value is -3.54. The second-order valence-electron chi connectivity index (χ2n) is 7.96. The second kappa shape index (κ2) is 8.10. The lowest BCUT2D eigenvalue weighted by atomic mass is 9.99. The van der Waals surface area contributed by atoms with E-state index in [1.54, 1.807) is 18.4 Å². The zero-order valence-electron chi connectivity index (χ0n) is 17.6. The zero-order valence-corrected chi connectivity index (χ0v) is 17.6. The molecule has 1 aliphatic rings. The minimum Gasteiger partial charge on any atom is -0.327 e. The van der Waals surface area contributed by atoms with Crippen molar-refractivity contribution in [1.82, 2.24) is 19.4 Å². The lowest BCUT2D eigenvalue weighted by Crippen LogP contribution is -2.53. The second-order valence-corrected chi connectivity index (χ2v) is 7.96. The molecule has 1 amide bonds. The number of rotatable bonds is 4. The summed E-state index contributed by atoms with van der Waals surface area (Å²) in [5.74, 6) is -6.74. The van der Waals surface area contributed by atoms with Gasteiger partial charge in [0.25, 0.3) is 0 Å². The number of carbonyl (C=O) groups excluding carboxylic acids is 1. The molecule has 0 aliphatic carbocycles. The fraction of sp³-hybridized carbons (Fsp3) is 0.286. The smallest absolute Gasteiger partial charge is 0.237 e. The highest BCUT2D eigenvalue weighted by molar-refractivity contribution is 5.80. The molecule has 33 heavy (non-hydrogen) atoms. The van der Waals surface area contributed by atoms with Crippen molar-refractivity contribution in [3.05, 3.63) is 59.3 Å². The van der Waals surface area contributed by atoms with E-state index in [9.17, 15) is 26.7 Å². The molecule has 3 heterocycles. The van der Waals surface area contributed by atoms with Gasteiger partial charge in [-0.05, 0) is 26.0 Å². The number of amides is 1. The Labute approximate surface area is 185 Å². The van der Waals surface area contributed by atoms with Crippen molar-refractivity contribution >= 4 is 17.5 Å². The first-order valence-corrected chi connectivity index (χ1v) is 9.89. The summed E-state index contributed by atoms with van der Waals surface area (Å²) in [7, 11) is 0. The molecule has 0 fully saturated rings. The summed E-state index contributed by atoms with van der Waals surface area (Å²) < 4.78 is 70.8. The Bertz CT molecular complexity index is 1240. The van der Waals surface area contributed by atoms with Gasteiger partial charge in [0.15, 0.2) is 29.1 Å². The molecule has 3 N–H and O–H groups in total. The van der Waals surface area contributed by atoms with Gasteiger partial charge in [-0.2, -0.15) is 0 Å². The van der Waals surface area contributed by atoms with Crippen LogP contribution in [0.2, 0.25) is 0 Å². The van der Waals surface area contributed by atoms with Crippen molar-refractivity contribution in [1.29, 1.82) is 0 Å². The highest BCUT2D eigenvalue weighted by atomic mass is 19.2. The lowest BCUT2D eigenvalue weighted by molar-refractivity contribution is -0.137. The highest BCUT2D eigenvalue weighted by Crippen LogP contribution is 2.40. The van der Waals surface area contributed by atoms with Gasteiger partial charge in [0.2, 0.25) is 5.91 Å². The van der Waals surface area contributed by atoms with Gasteiger partial charge in [0.1, 0.15) is 23.2 Å². The summed E-state index contributed by atoms with van der Waals surface area (Å²) >= 11 is 0. The molecule has 1 aliphatic heterocycles. The molecule has 0 saturated heterocycles. The van der Waals surface area contributed by atoms with Crippen LogP contribution in [0.5, 0.6) is 0 Å². The van der Waals surface area contributed by atoms with E-state index >= 15 is 0 Å². The molecule has 0 radical (unpaired) electrons. The van der Waals surface area contributed by atoms with Crippen LogP contribution in [0.15, 0.2) is 24.4 Å². The molecule has 7 nitrogen and oxygen atoms in total. The van der Waals surface area contributed by atoms with Crippen molar-refractivity contribution in [3.8, 4) is 11.3 Å². The van der Waals surface area contributed by atoms with E-state index < -0.39 is 34.6 Å². The van der Waals surface area contributed by atoms with Crippen LogP contribution < -0.4 is 11.1 Å². The van der Waals surface area contributed by atoms with Crippen LogP contribution >= 0.6 is 0 Å². The minimum absolute atomic E-state index is 0.0385. The van der Waals surface area contributed by atoms with Gasteiger partial charge in [-0.3, -0.25) is 4.79 Å². The van der Waals surface area contributed by atoms with E-state index in [-0.39, 0.29) is 48.4 Å². The molecule has 0 saturated carbocycles. The summed E-state index contributed by atoms with van der Waals surface area (Å²) in [5, 5.41) is 2.70. The van der Waals surface area contributed by atoms with Gasteiger partial charge in [0, 0.05) is 24.7 Å². The Morgan fingerprint density at radius 2 is 1.76 bits per heavy atom. The summed E-state index contributed by atoms with van der Waals surface area (Å²) in [6.07, 6.45) is 0.793. The number of aromatic nitrogens is 3. The van der Waals surface area contributed by atoms with Gasteiger partial charge in [-0.1, -0.05) is 0 Å². The van der Waals surface area contributed by atoms with Crippen molar-refractivity contribution < 1.29 is 26.7 Å². The maximum absolute atomic E-state index is 14.3. The van der Waals surface area contributed by atoms with Crippen LogP contribution in [0.1, 0.15) is 19.7 Å². The quantitative estimate of drug-likeness (QED) is 0.455. The highest BCUT2D eigenvalue weighted by Gasteiger charge is 2.41. The largest absolute Gasteiger partial charge is 0.327 e. The molecule has 0 unspecified atom stereocenters. The lowest BCUT2D eigenvalue weighted by Gasteiger charge is -2.42. The Balaban J connectivity index is 1.92. The SMILES string of the molecule is CC1(C)c2nc(-c3cc(F)c(F)c(F)c3)c(Nc3ncc(F)cc3F)n2CCN1C(=O)CN. The number of benzene rings is 1. The van der Waals surface area contributed by atoms with E-state index in [2.05, 4.69) is 15.3 Å². The third-order valence-corrected chi connectivity index (χ3v) is 5.51. The third-order valence-electron chi connectivity index (χ3n) is 5.51. The van der Waals surface area contributed by atoms with Crippen molar-refractivity contribution in [2.45, 2.75) is 25.9 Å². The number of imidazole rings is 1. The molecule has 1 aromatic carbocycles. The van der Waals surface area contributed by atoms with Crippen molar-refractivity contribution in [3.63, 3.8) is 0 Å². The number of anilines is 2. The third kappa shape index (κ3) is 3.80. The average Bonchev–Trinajstić information content (AvgIpc) is 3.13. The predicted octanol–water partition coefficient (Wildman–Crippen LogP) is 3.42. The van der Waals surface area contributed by atoms with E-state index in [0.717, 1.165) is 18.3 Å². The van der Waals surface area contributed by atoms with E-state index in [0.29, 0.717) is 11.9 Å². The first kappa shape index (κ1) is 22.6. The van der Waals surface area contributed by atoms with E-state index in [1.165, 1.54) is 4.90 Å². The molecular weight excluding hydrogens is 447 g/mol. The monoisotopic (exact) mass is 466 g/mol. The summed E-state index contributed by atoms with van der Waals surface area (Å²) in [6.45, 7) is 3.56. The Kier molecular flexibility index (Phi) is 5.56. The van der Waals surface area contributed by atoms with Crippen molar-refractivity contribution in [2.24, 2.45) is 5.73 Å². The van der Waals surface area contributed by atoms with Crippen LogP contribution in [-0.2, 0) is 16.9 Å². The standard InChI is InChI=1S/C21H19F5N6O/c1-21(2)20-29-17(10-5-12(23)16(26)13(24)6-10)19(30-18-14(25)7-11(22)9-28-18)31(20)3-4-32(21)15(33)8-27/h5-7,9H,3-4,8,27H2,1-2H3,(H,28,30). The van der Waals surface area contributed by atoms with Crippen molar-refractivity contribution in [2.75, 3.05) is 18.4 Å². The summed E-state index contributed by atoms with van der Waals surface area (Å²) in [5.41, 5.74) is 4.34. The number of carbonyl (C=O) groups is 1. The van der Waals surface area contributed by atoms with Gasteiger partial charge in [0.05, 0.1) is 18.3 Å². The number of nitrogens with zero attached hydrogens (tertiary/aromatic N) is 4. The van der Waals surface area contributed by atoms with Crippen LogP contribution in [0, 0.1) is 29.1 Å². The number of hydrogen-bond donors (Lipinski definition) is 2. The Morgan fingerprint density at radius 1 is 1.09 bits per heavy atom. The van der Waals surface area contributed by atoms with E-state index in [4.69, 9.17) is 5.73 Å². The summed E-state index contributed by atoms with van der Waals surface area (Å²) in [4.78, 5) is 22.0. The topological polar surface area (TPSA) is 89.1 Å². The first-order chi connectivity index (χ1) is 15.5. The molecule has 2 aromatic heterocycles. The number of hydrogen-bond acceptors (Lipinski definition) is 5. The fourth-order valence-corrected chi connectivity index (χ4v) is 3.92. The van der Waals surface area contributed by atoms with E-state index in [1.807, 2.05) is 0 Å². The fourth-order valence-electron chi connectivity index (χ4n) is 3.92. The molecule has 12 heteroatoms. The number of nitrogens with two attached hydrogens (primary N) is 1. The van der Waals surface area contributed by atoms with Gasteiger partial charge in [-0.25, -0.2) is 31.9 Å². The Morgan fingerprint density at radius 3 is 2.36 bits per heavy atom. The number of pyridine rings is 1. The maximum Gasteiger partial charge on any atom is 0.237 e. The first-order valence-electron chi connectivity index (χ1n) is 9.89. The normalized spacial score (nSPS) is 14.8. The van der Waals surface area contributed by atoms with Crippen LogP contribution in [0.4, 0.5) is 33.6 Å². The maximum atomic E-state index is 14.3. The molecule has 0 bridgehead atoms. The molecular formula is C21H19F5N6O. The molecule has 0 atom stereocenters. The van der Waals surface area contributed by atoms with Gasteiger partial charge < -0.3 is 20.5 Å². The van der Waals surface area contributed by atoms with Gasteiger partial charge >= 0.3 is 0 Å². The van der Waals surface area contributed by atoms with Crippen LogP contribution in [0.3, 0.4) is 0 Å². The molecule has 3 aromatic rings. The van der Waals surface area contributed by atoms with Crippen LogP contribution in [-0.4, -0.2) is 38.4 Å². The van der Waals surface area contributed by atoms with Gasteiger partial charge in [-0.15, -0.1) is 0 Å². The summed E-state index contributed by atoms with van der Waals surface area (Å²) in [6, 6.07) is 2.12. The predicted molar refractivity (Wildman–Crippen MR) is 109 cm³/mol. The average molecular weight is 466 g/mol. The minimum atomic E-state index is -1.65. The number of fused-ring (bicyclic) bond motifs is 1. The molecule has 0 spiro atoms.